The molecule has 0 radical (unpaired) electrons. The highest BCUT2D eigenvalue weighted by Gasteiger charge is 2.14. The average Bonchev–Trinajstić information content (AvgIpc) is 3.21. The van der Waals surface area contributed by atoms with E-state index in [0.29, 0.717) is 18.1 Å². The third-order valence-corrected chi connectivity index (χ3v) is 4.98. The predicted molar refractivity (Wildman–Crippen MR) is 104 cm³/mol. The van der Waals surface area contributed by atoms with Crippen LogP contribution in [0.15, 0.2) is 53.1 Å². The molecule has 2 aromatic heterocycles. The Morgan fingerprint density at radius 3 is 2.65 bits per heavy atom. The zero-order valence-corrected chi connectivity index (χ0v) is 15.9. The smallest absolute Gasteiger partial charge is 0.239 e. The Morgan fingerprint density at radius 1 is 1.19 bits per heavy atom. The van der Waals surface area contributed by atoms with E-state index in [0.717, 1.165) is 19.5 Å². The van der Waals surface area contributed by atoms with Crippen molar-refractivity contribution < 1.29 is 9.32 Å². The molecule has 0 aliphatic rings. The topological polar surface area (TPSA) is 58.4 Å². The number of carbonyl (C=O) groups excluding carboxylic acids is 1. The third-order valence-electron chi connectivity index (χ3n) is 4.00. The molecular formula is C20H23N3O2S. The van der Waals surface area contributed by atoms with Crippen molar-refractivity contribution >= 4 is 23.1 Å². The van der Waals surface area contributed by atoms with Crippen LogP contribution in [-0.4, -0.2) is 29.1 Å². The first kappa shape index (κ1) is 18.4. The number of thiophene rings is 1. The van der Waals surface area contributed by atoms with E-state index in [1.807, 2.05) is 18.2 Å². The molecule has 136 valence electrons. The van der Waals surface area contributed by atoms with Gasteiger partial charge in [0.1, 0.15) is 5.76 Å². The summed E-state index contributed by atoms with van der Waals surface area (Å²) in [5.74, 6) is 1.05. The number of amides is 1. The number of benzene rings is 1. The minimum Gasteiger partial charge on any atom is -0.360 e. The molecule has 1 aromatic carbocycles. The second-order valence-corrected chi connectivity index (χ2v) is 7.70. The largest absolute Gasteiger partial charge is 0.360 e. The number of carbonyl (C=O) groups is 1. The molecule has 1 amide bonds. The number of rotatable bonds is 8. The van der Waals surface area contributed by atoms with Crippen molar-refractivity contribution in [1.82, 2.24) is 10.1 Å². The van der Waals surface area contributed by atoms with Gasteiger partial charge in [0.2, 0.25) is 5.91 Å². The molecule has 0 saturated heterocycles. The van der Waals surface area contributed by atoms with E-state index in [-0.39, 0.29) is 5.91 Å². The first-order valence-corrected chi connectivity index (χ1v) is 9.45. The van der Waals surface area contributed by atoms with Gasteiger partial charge in [0.15, 0.2) is 5.82 Å². The summed E-state index contributed by atoms with van der Waals surface area (Å²) >= 11 is 1.77. The molecule has 0 saturated carbocycles. The number of nitrogens with zero attached hydrogens (tertiary/aromatic N) is 2. The number of anilines is 1. The molecule has 0 unspecified atom stereocenters. The summed E-state index contributed by atoms with van der Waals surface area (Å²) in [6.45, 7) is 5.79. The van der Waals surface area contributed by atoms with Crippen LogP contribution in [0.5, 0.6) is 0 Å². The van der Waals surface area contributed by atoms with Gasteiger partial charge in [0.05, 0.1) is 6.54 Å². The van der Waals surface area contributed by atoms with Crippen LogP contribution in [-0.2, 0) is 17.8 Å². The van der Waals surface area contributed by atoms with Gasteiger partial charge in [-0.15, -0.1) is 11.3 Å². The normalized spacial score (nSPS) is 11.0. The molecule has 0 spiro atoms. The highest BCUT2D eigenvalue weighted by Crippen LogP contribution is 2.17. The van der Waals surface area contributed by atoms with Crippen LogP contribution < -0.4 is 5.32 Å². The molecule has 2 heterocycles. The zero-order valence-electron chi connectivity index (χ0n) is 15.1. The van der Waals surface area contributed by atoms with Gasteiger partial charge in [-0.05, 0) is 38.0 Å². The molecule has 0 aliphatic carbocycles. The van der Waals surface area contributed by atoms with Crippen LogP contribution in [0.3, 0.4) is 0 Å². The Hall–Kier alpha value is -2.44. The molecule has 1 N–H and O–H groups in total. The van der Waals surface area contributed by atoms with Gasteiger partial charge >= 0.3 is 0 Å². The lowest BCUT2D eigenvalue weighted by Gasteiger charge is -2.21. The highest BCUT2D eigenvalue weighted by molar-refractivity contribution is 7.11. The molecule has 0 bridgehead atoms. The molecule has 0 atom stereocenters. The van der Waals surface area contributed by atoms with Crippen molar-refractivity contribution in [3.8, 4) is 0 Å². The number of aryl methyl sites for hydroxylation is 2. The summed E-state index contributed by atoms with van der Waals surface area (Å²) in [6, 6.07) is 16.3. The fraction of sp³-hybridized carbons (Fsp3) is 0.300. The van der Waals surface area contributed by atoms with Crippen LogP contribution in [0, 0.1) is 13.8 Å². The second kappa shape index (κ2) is 8.78. The predicted octanol–water partition coefficient (Wildman–Crippen LogP) is 4.04. The van der Waals surface area contributed by atoms with E-state index < -0.39 is 0 Å². The van der Waals surface area contributed by atoms with Crippen LogP contribution in [0.1, 0.15) is 21.1 Å². The molecule has 0 aliphatic heterocycles. The summed E-state index contributed by atoms with van der Waals surface area (Å²) in [4.78, 5) is 17.1. The first-order chi connectivity index (χ1) is 12.6. The number of hydrogen-bond acceptors (Lipinski definition) is 5. The fourth-order valence-corrected chi connectivity index (χ4v) is 3.68. The Bertz CT molecular complexity index is 842. The molecule has 6 heteroatoms. The summed E-state index contributed by atoms with van der Waals surface area (Å²) in [5, 5.41) is 6.62. The Kier molecular flexibility index (Phi) is 6.20. The molecule has 5 nitrogen and oxygen atoms in total. The maximum absolute atomic E-state index is 12.4. The van der Waals surface area contributed by atoms with Crippen LogP contribution in [0.25, 0.3) is 0 Å². The van der Waals surface area contributed by atoms with Crippen molar-refractivity contribution in [2.45, 2.75) is 26.8 Å². The van der Waals surface area contributed by atoms with E-state index >= 15 is 0 Å². The minimum atomic E-state index is -0.0837. The standard InChI is InChI=1S/C20H23N3O2S/c1-15-12-19(22-25-15)21-20(24)14-23(13-18-9-8-16(2)26-18)11-10-17-6-4-3-5-7-17/h3-9,12H,10-11,13-14H2,1-2H3,(H,21,22,24). The maximum Gasteiger partial charge on any atom is 0.239 e. The van der Waals surface area contributed by atoms with E-state index in [9.17, 15) is 4.79 Å². The summed E-state index contributed by atoms with van der Waals surface area (Å²) in [6.07, 6.45) is 0.904. The van der Waals surface area contributed by atoms with Gasteiger partial charge in [-0.25, -0.2) is 0 Å². The third kappa shape index (κ3) is 5.54. The van der Waals surface area contributed by atoms with Crippen LogP contribution in [0.2, 0.25) is 0 Å². The monoisotopic (exact) mass is 369 g/mol. The van der Waals surface area contributed by atoms with Crippen molar-refractivity contribution in [3.63, 3.8) is 0 Å². The molecule has 3 aromatic rings. The van der Waals surface area contributed by atoms with Gasteiger partial charge in [0, 0.05) is 28.9 Å². The van der Waals surface area contributed by atoms with Crippen molar-refractivity contribution in [1.29, 1.82) is 0 Å². The van der Waals surface area contributed by atoms with Crippen LogP contribution >= 0.6 is 11.3 Å². The average molecular weight is 369 g/mol. The Labute approximate surface area is 157 Å². The van der Waals surface area contributed by atoms with Gasteiger partial charge < -0.3 is 9.84 Å². The molecular weight excluding hydrogens is 346 g/mol. The molecule has 26 heavy (non-hydrogen) atoms. The van der Waals surface area contributed by atoms with Gasteiger partial charge in [0.25, 0.3) is 0 Å². The van der Waals surface area contributed by atoms with Gasteiger partial charge in [-0.2, -0.15) is 0 Å². The van der Waals surface area contributed by atoms with E-state index in [2.05, 4.69) is 46.6 Å². The van der Waals surface area contributed by atoms with Crippen molar-refractivity contribution in [3.05, 3.63) is 69.6 Å². The summed E-state index contributed by atoms with van der Waals surface area (Å²) in [7, 11) is 0. The minimum absolute atomic E-state index is 0.0837. The quantitative estimate of drug-likeness (QED) is 0.651. The first-order valence-electron chi connectivity index (χ1n) is 8.63. The fourth-order valence-electron chi connectivity index (χ4n) is 2.75. The lowest BCUT2D eigenvalue weighted by atomic mass is 10.1. The van der Waals surface area contributed by atoms with E-state index in [1.54, 1.807) is 24.3 Å². The zero-order chi connectivity index (χ0) is 18.4. The second-order valence-electron chi connectivity index (χ2n) is 6.33. The van der Waals surface area contributed by atoms with E-state index in [1.165, 1.54) is 15.3 Å². The van der Waals surface area contributed by atoms with E-state index in [4.69, 9.17) is 4.52 Å². The SMILES string of the molecule is Cc1cc(NC(=O)CN(CCc2ccccc2)Cc2ccc(C)s2)no1. The van der Waals surface area contributed by atoms with Crippen LogP contribution in [0.4, 0.5) is 5.82 Å². The Morgan fingerprint density at radius 2 is 2.00 bits per heavy atom. The lowest BCUT2D eigenvalue weighted by Crippen LogP contribution is -2.34. The summed E-state index contributed by atoms with van der Waals surface area (Å²) in [5.41, 5.74) is 1.27. The van der Waals surface area contributed by atoms with Gasteiger partial charge in [-0.1, -0.05) is 35.5 Å². The number of nitrogens with one attached hydrogen (secondary N) is 1. The highest BCUT2D eigenvalue weighted by atomic mass is 32.1. The van der Waals surface area contributed by atoms with Crippen molar-refractivity contribution in [2.24, 2.45) is 0 Å². The molecule has 0 fully saturated rings. The number of hydrogen-bond donors (Lipinski definition) is 1. The summed E-state index contributed by atoms with van der Waals surface area (Å²) < 4.78 is 5.00. The Balaban J connectivity index is 1.62. The maximum atomic E-state index is 12.4. The lowest BCUT2D eigenvalue weighted by molar-refractivity contribution is -0.117. The number of aromatic nitrogens is 1. The van der Waals surface area contributed by atoms with Crippen molar-refractivity contribution in [2.75, 3.05) is 18.4 Å². The van der Waals surface area contributed by atoms with Gasteiger partial charge in [-0.3, -0.25) is 9.69 Å². The molecule has 3 rings (SSSR count).